The number of aliphatic imine (C=N–C) groups is 1. The van der Waals surface area contributed by atoms with Gasteiger partial charge in [0.2, 0.25) is 6.29 Å². The molecule has 0 saturated carbocycles. The Morgan fingerprint density at radius 1 is 1.45 bits per heavy atom. The minimum Gasteiger partial charge on any atom is -0.449 e. The Bertz CT molecular complexity index is 181. The minimum absolute atomic E-state index is 0.0915. The predicted octanol–water partition coefficient (Wildman–Crippen LogP) is 1.17. The molecule has 1 aliphatic heterocycles. The molecule has 11 heavy (non-hydrogen) atoms. The Balaban J connectivity index is 2.71. The van der Waals surface area contributed by atoms with Crippen LogP contribution in [0.2, 0.25) is 0 Å². The number of hydrogen-bond donors (Lipinski definition) is 1. The summed E-state index contributed by atoms with van der Waals surface area (Å²) >= 11 is 0. The SMILES string of the molecule is CC1N=C(C(C)(C)C)OC1O. The number of nitrogens with zero attached hydrogens (tertiary/aromatic N) is 1. The molecule has 0 aromatic rings. The van der Waals surface area contributed by atoms with E-state index in [2.05, 4.69) is 4.99 Å². The third-order valence-corrected chi connectivity index (χ3v) is 1.61. The number of hydrogen-bond acceptors (Lipinski definition) is 3. The molecule has 1 rings (SSSR count). The van der Waals surface area contributed by atoms with Crippen LogP contribution in [0.25, 0.3) is 0 Å². The maximum absolute atomic E-state index is 9.19. The Hall–Kier alpha value is -0.570. The second-order valence-corrected chi connectivity index (χ2v) is 3.93. The van der Waals surface area contributed by atoms with Crippen molar-refractivity contribution in [2.45, 2.75) is 40.0 Å². The number of aliphatic hydroxyl groups excluding tert-OH is 1. The Kier molecular flexibility index (Phi) is 1.92. The van der Waals surface area contributed by atoms with Gasteiger partial charge in [-0.05, 0) is 6.92 Å². The molecule has 0 radical (unpaired) electrons. The summed E-state index contributed by atoms with van der Waals surface area (Å²) in [7, 11) is 0. The largest absolute Gasteiger partial charge is 0.449 e. The second-order valence-electron chi connectivity index (χ2n) is 3.93. The molecule has 3 heteroatoms. The first-order valence-corrected chi connectivity index (χ1v) is 3.84. The molecule has 2 atom stereocenters. The van der Waals surface area contributed by atoms with Gasteiger partial charge in [0.1, 0.15) is 6.04 Å². The van der Waals surface area contributed by atoms with Gasteiger partial charge in [-0.15, -0.1) is 0 Å². The van der Waals surface area contributed by atoms with Crippen LogP contribution in [0, 0.1) is 5.41 Å². The molecule has 1 aliphatic rings. The predicted molar refractivity (Wildman–Crippen MR) is 43.4 cm³/mol. The highest BCUT2D eigenvalue weighted by atomic mass is 16.6. The molecule has 1 N–H and O–H groups in total. The van der Waals surface area contributed by atoms with Crippen LogP contribution in [0.4, 0.5) is 0 Å². The van der Waals surface area contributed by atoms with Gasteiger partial charge in [-0.1, -0.05) is 20.8 Å². The zero-order valence-electron chi connectivity index (χ0n) is 7.46. The van der Waals surface area contributed by atoms with E-state index in [9.17, 15) is 5.11 Å². The van der Waals surface area contributed by atoms with Gasteiger partial charge >= 0.3 is 0 Å². The fraction of sp³-hybridized carbons (Fsp3) is 0.875. The van der Waals surface area contributed by atoms with E-state index < -0.39 is 6.29 Å². The van der Waals surface area contributed by atoms with E-state index in [1.165, 1.54) is 0 Å². The Labute approximate surface area is 67.1 Å². The molecule has 0 saturated heterocycles. The summed E-state index contributed by atoms with van der Waals surface area (Å²) < 4.78 is 5.14. The van der Waals surface area contributed by atoms with E-state index >= 15 is 0 Å². The fourth-order valence-electron chi connectivity index (χ4n) is 0.862. The van der Waals surface area contributed by atoms with Crippen molar-refractivity contribution >= 4 is 5.90 Å². The van der Waals surface area contributed by atoms with Crippen molar-refractivity contribution in [1.82, 2.24) is 0 Å². The van der Waals surface area contributed by atoms with Gasteiger partial charge in [0.15, 0.2) is 5.90 Å². The van der Waals surface area contributed by atoms with E-state index in [4.69, 9.17) is 4.74 Å². The molecule has 0 aliphatic carbocycles. The summed E-state index contributed by atoms with van der Waals surface area (Å²) in [5.74, 6) is 0.650. The van der Waals surface area contributed by atoms with Crippen LogP contribution in [-0.2, 0) is 4.74 Å². The molecule has 0 bridgehead atoms. The van der Waals surface area contributed by atoms with Crippen LogP contribution >= 0.6 is 0 Å². The normalized spacial score (nSPS) is 31.5. The van der Waals surface area contributed by atoms with Crippen molar-refractivity contribution in [3.8, 4) is 0 Å². The van der Waals surface area contributed by atoms with Gasteiger partial charge in [-0.3, -0.25) is 0 Å². The van der Waals surface area contributed by atoms with Gasteiger partial charge < -0.3 is 9.84 Å². The van der Waals surface area contributed by atoms with Crippen LogP contribution < -0.4 is 0 Å². The average Bonchev–Trinajstić information content (AvgIpc) is 2.11. The van der Waals surface area contributed by atoms with Gasteiger partial charge in [0, 0.05) is 5.41 Å². The number of ether oxygens (including phenoxy) is 1. The van der Waals surface area contributed by atoms with Crippen molar-refractivity contribution in [2.24, 2.45) is 10.4 Å². The average molecular weight is 157 g/mol. The molecule has 3 nitrogen and oxygen atoms in total. The highest BCUT2D eigenvalue weighted by Crippen LogP contribution is 2.24. The molecule has 64 valence electrons. The maximum atomic E-state index is 9.19. The Morgan fingerprint density at radius 2 is 2.00 bits per heavy atom. The topological polar surface area (TPSA) is 41.8 Å². The van der Waals surface area contributed by atoms with Crippen molar-refractivity contribution in [1.29, 1.82) is 0 Å². The van der Waals surface area contributed by atoms with Crippen molar-refractivity contribution in [3.63, 3.8) is 0 Å². The summed E-state index contributed by atoms with van der Waals surface area (Å²) in [6.45, 7) is 7.87. The highest BCUT2D eigenvalue weighted by Gasteiger charge is 2.32. The fourth-order valence-corrected chi connectivity index (χ4v) is 0.862. The van der Waals surface area contributed by atoms with Crippen LogP contribution in [0.5, 0.6) is 0 Å². The van der Waals surface area contributed by atoms with Gasteiger partial charge in [0.25, 0.3) is 0 Å². The van der Waals surface area contributed by atoms with Crippen molar-refractivity contribution < 1.29 is 9.84 Å². The van der Waals surface area contributed by atoms with Gasteiger partial charge in [-0.25, -0.2) is 4.99 Å². The van der Waals surface area contributed by atoms with Crippen LogP contribution in [0.15, 0.2) is 4.99 Å². The summed E-state index contributed by atoms with van der Waals surface area (Å²) in [5.41, 5.74) is -0.0915. The van der Waals surface area contributed by atoms with Crippen LogP contribution in [-0.4, -0.2) is 23.3 Å². The summed E-state index contributed by atoms with van der Waals surface area (Å²) in [5, 5.41) is 9.19. The van der Waals surface area contributed by atoms with Gasteiger partial charge in [0.05, 0.1) is 0 Å². The summed E-state index contributed by atoms with van der Waals surface area (Å²) in [6.07, 6.45) is -0.746. The summed E-state index contributed by atoms with van der Waals surface area (Å²) in [4.78, 5) is 4.19. The number of rotatable bonds is 0. The molecular weight excluding hydrogens is 142 g/mol. The lowest BCUT2D eigenvalue weighted by atomic mass is 9.97. The summed E-state index contributed by atoms with van der Waals surface area (Å²) in [6, 6.07) is -0.121. The van der Waals surface area contributed by atoms with Crippen molar-refractivity contribution in [3.05, 3.63) is 0 Å². The molecule has 0 spiro atoms. The van der Waals surface area contributed by atoms with E-state index in [0.29, 0.717) is 5.90 Å². The zero-order valence-corrected chi connectivity index (χ0v) is 7.46. The first-order chi connectivity index (χ1) is 4.91. The standard InChI is InChI=1S/C8H15NO2/c1-5-6(10)11-7(9-5)8(2,3)4/h5-6,10H,1-4H3. The molecular formula is C8H15NO2. The molecule has 1 heterocycles. The highest BCUT2D eigenvalue weighted by molar-refractivity contribution is 5.83. The smallest absolute Gasteiger partial charge is 0.221 e. The first-order valence-electron chi connectivity index (χ1n) is 3.84. The van der Waals surface area contributed by atoms with E-state index in [1.54, 1.807) is 0 Å². The van der Waals surface area contributed by atoms with E-state index in [-0.39, 0.29) is 11.5 Å². The number of aliphatic hydroxyl groups is 1. The third kappa shape index (κ3) is 1.71. The van der Waals surface area contributed by atoms with E-state index in [0.717, 1.165) is 0 Å². The van der Waals surface area contributed by atoms with Crippen molar-refractivity contribution in [2.75, 3.05) is 0 Å². The molecule has 0 fully saturated rings. The Morgan fingerprint density at radius 3 is 2.18 bits per heavy atom. The third-order valence-electron chi connectivity index (χ3n) is 1.61. The maximum Gasteiger partial charge on any atom is 0.221 e. The lowest BCUT2D eigenvalue weighted by Crippen LogP contribution is -2.24. The molecule has 0 aromatic carbocycles. The lowest BCUT2D eigenvalue weighted by molar-refractivity contribution is -0.0286. The molecule has 0 aromatic heterocycles. The van der Waals surface area contributed by atoms with Crippen LogP contribution in [0.1, 0.15) is 27.7 Å². The quantitative estimate of drug-likeness (QED) is 0.573. The van der Waals surface area contributed by atoms with Crippen LogP contribution in [0.3, 0.4) is 0 Å². The van der Waals surface area contributed by atoms with E-state index in [1.807, 2.05) is 27.7 Å². The first kappa shape index (κ1) is 8.53. The lowest BCUT2D eigenvalue weighted by Gasteiger charge is -2.17. The molecule has 0 amide bonds. The van der Waals surface area contributed by atoms with Gasteiger partial charge in [-0.2, -0.15) is 0 Å². The second kappa shape index (κ2) is 2.48. The zero-order chi connectivity index (χ0) is 8.65. The minimum atomic E-state index is -0.746. The molecule has 2 unspecified atom stereocenters. The monoisotopic (exact) mass is 157 g/mol.